The molecule has 0 aliphatic carbocycles. The maximum absolute atomic E-state index is 9.26. The molecule has 0 aliphatic rings. The summed E-state index contributed by atoms with van der Waals surface area (Å²) in [5.41, 5.74) is 0. The number of aliphatic carboxylic acids is 1. The minimum atomic E-state index is -0.931. The summed E-state index contributed by atoms with van der Waals surface area (Å²) >= 11 is 5.14. The summed E-state index contributed by atoms with van der Waals surface area (Å²) in [5, 5.41) is 7.62. The number of carboxylic acid groups (broad SMARTS) is 1. The Labute approximate surface area is 120 Å². The molecule has 0 bridgehead atoms. The SMILES string of the molecule is C[CH2][Hg].O=C(O)C[S-].[K+]. The second kappa shape index (κ2) is 16.8. The monoisotopic (exact) mass is 361 g/mol. The largest absolute Gasteiger partial charge is 1.00 e. The minimum Gasteiger partial charge on any atom is -0.782 e. The van der Waals surface area contributed by atoms with E-state index in [0.717, 1.165) is 26.1 Å². The first-order valence-electron chi connectivity index (χ1n) is 2.28. The third-order valence-corrected chi connectivity index (χ3v) is 0.370. The van der Waals surface area contributed by atoms with E-state index in [9.17, 15) is 4.79 Å². The Bertz CT molecular complexity index is 62.5. The second-order valence-corrected chi connectivity index (χ2v) is 5.21. The maximum atomic E-state index is 9.26. The number of carbonyl (C=O) groups is 1. The minimum absolute atomic E-state index is 0. The Kier molecular flexibility index (Phi) is 32.6. The van der Waals surface area contributed by atoms with Crippen LogP contribution in [0, 0.1) is 0 Å². The zero-order valence-corrected chi connectivity index (χ0v) is 15.3. The fraction of sp³-hybridized carbons (Fsp3) is 0.750. The van der Waals surface area contributed by atoms with E-state index in [2.05, 4.69) is 19.6 Å². The van der Waals surface area contributed by atoms with E-state index >= 15 is 0 Å². The Morgan fingerprint density at radius 1 is 1.78 bits per heavy atom. The van der Waals surface area contributed by atoms with Crippen LogP contribution in [0.5, 0.6) is 0 Å². The first-order valence-corrected chi connectivity index (χ1v) is 6.74. The van der Waals surface area contributed by atoms with Crippen molar-refractivity contribution in [2.75, 3.05) is 5.75 Å². The second-order valence-electron chi connectivity index (χ2n) is 1.04. The van der Waals surface area contributed by atoms with Crippen molar-refractivity contribution in [1.82, 2.24) is 0 Å². The van der Waals surface area contributed by atoms with Crippen LogP contribution in [-0.2, 0) is 43.5 Å². The number of carboxylic acids is 1. The van der Waals surface area contributed by atoms with E-state index in [0.29, 0.717) is 0 Å². The van der Waals surface area contributed by atoms with Crippen LogP contribution in [0.25, 0.3) is 0 Å². The van der Waals surface area contributed by atoms with Gasteiger partial charge in [-0.3, -0.25) is 4.79 Å². The van der Waals surface area contributed by atoms with E-state index in [1.165, 1.54) is 3.93 Å². The van der Waals surface area contributed by atoms with Crippen molar-refractivity contribution in [2.24, 2.45) is 0 Å². The maximum Gasteiger partial charge on any atom is 1.00 e. The van der Waals surface area contributed by atoms with Crippen LogP contribution in [0.4, 0.5) is 0 Å². The molecular weight excluding hydrogens is 352 g/mol. The van der Waals surface area contributed by atoms with Gasteiger partial charge >= 0.3 is 88.4 Å². The van der Waals surface area contributed by atoms with Crippen LogP contribution in [0.15, 0.2) is 0 Å². The van der Waals surface area contributed by atoms with E-state index in [-0.39, 0.29) is 57.1 Å². The molecule has 0 aliphatic heterocycles. The summed E-state index contributed by atoms with van der Waals surface area (Å²) in [4.78, 5) is 9.26. The Morgan fingerprint density at radius 2 is 1.89 bits per heavy atom. The van der Waals surface area contributed by atoms with Crippen LogP contribution < -0.4 is 51.4 Å². The quantitative estimate of drug-likeness (QED) is 0.419. The molecule has 0 aromatic carbocycles. The average molecular weight is 360 g/mol. The van der Waals surface area contributed by atoms with Crippen LogP contribution in [-0.4, -0.2) is 16.8 Å². The van der Waals surface area contributed by atoms with Gasteiger partial charge in [0.05, 0.1) is 0 Å². The summed E-state index contributed by atoms with van der Waals surface area (Å²) < 4.78 is 1.44. The molecule has 0 fully saturated rings. The molecule has 0 spiro atoms. The molecule has 0 saturated heterocycles. The van der Waals surface area contributed by atoms with Crippen molar-refractivity contribution >= 4 is 18.6 Å². The number of rotatable bonds is 1. The average Bonchev–Trinajstić information content (AvgIpc) is 1.69. The van der Waals surface area contributed by atoms with Gasteiger partial charge in [0.25, 0.3) is 5.97 Å². The van der Waals surface area contributed by atoms with Gasteiger partial charge in [0.2, 0.25) is 0 Å². The summed E-state index contributed by atoms with van der Waals surface area (Å²) in [5.74, 6) is -1.13. The first-order chi connectivity index (χ1) is 3.68. The van der Waals surface area contributed by atoms with Crippen molar-refractivity contribution in [2.45, 2.75) is 10.9 Å². The molecule has 9 heavy (non-hydrogen) atoms. The standard InChI is InChI=1S/C2H4O2S.C2H5.Hg.K/c3-2(4)1-5;1-2;;/h5H,1H2,(H,3,4);1H2,2H3;;/q;;;+1/p-1. The van der Waals surface area contributed by atoms with Crippen molar-refractivity contribution < 1.29 is 87.4 Å². The number of hydrogen-bond acceptors (Lipinski definition) is 2. The van der Waals surface area contributed by atoms with Crippen molar-refractivity contribution in [3.8, 4) is 0 Å². The van der Waals surface area contributed by atoms with Gasteiger partial charge in [-0.1, -0.05) is 5.75 Å². The van der Waals surface area contributed by atoms with Crippen LogP contribution >= 0.6 is 0 Å². The molecule has 45 valence electrons. The van der Waals surface area contributed by atoms with Gasteiger partial charge in [0, 0.05) is 0 Å². The molecule has 0 amide bonds. The molecular formula is C4H8HgKO2S. The van der Waals surface area contributed by atoms with E-state index in [1.54, 1.807) is 0 Å². The van der Waals surface area contributed by atoms with Gasteiger partial charge in [-0.15, -0.1) is 0 Å². The normalized spacial score (nSPS) is 6.22. The fourth-order valence-electron chi connectivity index (χ4n) is 0. The van der Waals surface area contributed by atoms with Gasteiger partial charge in [-0.2, -0.15) is 0 Å². The summed E-state index contributed by atoms with van der Waals surface area (Å²) in [6.07, 6.45) is 0. The molecule has 0 unspecified atom stereocenters. The summed E-state index contributed by atoms with van der Waals surface area (Å²) in [7, 11) is 0. The van der Waals surface area contributed by atoms with Crippen LogP contribution in [0.1, 0.15) is 6.92 Å². The Hall–Kier alpha value is 2.39. The third-order valence-electron chi connectivity index (χ3n) is 0.123. The molecule has 0 aromatic rings. The van der Waals surface area contributed by atoms with Crippen LogP contribution in [0.3, 0.4) is 0 Å². The van der Waals surface area contributed by atoms with Crippen molar-refractivity contribution in [3.05, 3.63) is 0 Å². The van der Waals surface area contributed by atoms with Gasteiger partial charge < -0.3 is 17.7 Å². The molecule has 0 radical (unpaired) electrons. The Balaban J connectivity index is -0.0000000800. The molecule has 1 N–H and O–H groups in total. The number of hydrogen-bond donors (Lipinski definition) is 1. The van der Waals surface area contributed by atoms with Crippen molar-refractivity contribution in [1.29, 1.82) is 0 Å². The topological polar surface area (TPSA) is 37.3 Å². The van der Waals surface area contributed by atoms with Gasteiger partial charge in [-0.05, 0) is 0 Å². The zero-order chi connectivity index (χ0) is 6.99. The van der Waals surface area contributed by atoms with E-state index < -0.39 is 5.97 Å². The molecule has 5 heteroatoms. The predicted octanol–water partition coefficient (Wildman–Crippen LogP) is -2.41. The molecule has 0 rings (SSSR count). The molecule has 0 heterocycles. The fourth-order valence-corrected chi connectivity index (χ4v) is 0. The van der Waals surface area contributed by atoms with E-state index in [4.69, 9.17) is 5.11 Å². The molecule has 0 saturated carbocycles. The first kappa shape index (κ1) is 17.5. The predicted molar refractivity (Wildman–Crippen MR) is 30.3 cm³/mol. The zero-order valence-electron chi connectivity index (χ0n) is 5.89. The van der Waals surface area contributed by atoms with Gasteiger partial charge in [0.1, 0.15) is 0 Å². The molecule has 0 aromatic heterocycles. The van der Waals surface area contributed by atoms with Gasteiger partial charge in [-0.25, -0.2) is 0 Å². The van der Waals surface area contributed by atoms with Gasteiger partial charge in [0.15, 0.2) is 0 Å². The van der Waals surface area contributed by atoms with Crippen molar-refractivity contribution in [3.63, 3.8) is 0 Å². The third kappa shape index (κ3) is 37.9. The molecule has 0 atom stereocenters. The summed E-state index contributed by atoms with van der Waals surface area (Å²) in [6.45, 7) is 2.21. The molecule has 2 nitrogen and oxygen atoms in total. The summed E-state index contributed by atoms with van der Waals surface area (Å²) in [6, 6.07) is 0. The smallest absolute Gasteiger partial charge is 0.782 e. The Morgan fingerprint density at radius 3 is 1.89 bits per heavy atom. The van der Waals surface area contributed by atoms with Crippen LogP contribution in [0.2, 0.25) is 3.93 Å². The van der Waals surface area contributed by atoms with E-state index in [1.807, 2.05) is 0 Å².